The van der Waals surface area contributed by atoms with E-state index in [-0.39, 0.29) is 94.3 Å². The summed E-state index contributed by atoms with van der Waals surface area (Å²) in [4.78, 5) is 64.7. The van der Waals surface area contributed by atoms with Gasteiger partial charge >= 0.3 is 0 Å². The SMILES string of the molecule is C.C.CC1(C)O[C@@H]2C[C@H]3[C@@H]4CCC5=CC(=O)C=C[C@]5(C)[C@H]4[C@@H](O)C[C@]3(C)[C@]2(C(=O)S)O1.CN(C)C(=O)SC(=O)[C@@]12OC(C)(C)O[C@@H]1C[C@H]1[C@@H]3CCC4=CC(=O)C=C[C@]4(C)[C@H]3[C@@H](O)C[C@@]12C. The highest BCUT2D eigenvalue weighted by molar-refractivity contribution is 8.26. The first-order valence-corrected chi connectivity index (χ1v) is 24.1. The molecular weight excluding hydrogens is 867 g/mol. The van der Waals surface area contributed by atoms with Gasteiger partial charge in [-0.05, 0) is 127 Å². The van der Waals surface area contributed by atoms with Crippen LogP contribution in [0.4, 0.5) is 4.79 Å². The van der Waals surface area contributed by atoms with Gasteiger partial charge in [0.1, 0.15) is 0 Å². The molecule has 2 aliphatic heterocycles. The first-order chi connectivity index (χ1) is 29.2. The molecule has 0 bridgehead atoms. The number of thioether (sulfide) groups is 1. The number of nitrogens with zero attached hydrogens (tertiary/aromatic N) is 1. The Balaban J connectivity index is 0.000000190. The van der Waals surface area contributed by atoms with Crippen LogP contribution in [0.3, 0.4) is 0 Å². The number of ketones is 2. The van der Waals surface area contributed by atoms with Gasteiger partial charge in [0.2, 0.25) is 10.2 Å². The lowest BCUT2D eigenvalue weighted by Crippen LogP contribution is -2.63. The molecule has 1 amide bonds. The Morgan fingerprint density at radius 2 is 1.09 bits per heavy atom. The summed E-state index contributed by atoms with van der Waals surface area (Å²) in [7, 11) is 3.25. The predicted molar refractivity (Wildman–Crippen MR) is 251 cm³/mol. The molecule has 12 nitrogen and oxygen atoms in total. The van der Waals surface area contributed by atoms with Gasteiger partial charge in [-0.2, -0.15) is 0 Å². The molecule has 360 valence electrons. The van der Waals surface area contributed by atoms with Gasteiger partial charge in [0.15, 0.2) is 34.3 Å². The quantitative estimate of drug-likeness (QED) is 0.228. The van der Waals surface area contributed by atoms with Crippen molar-refractivity contribution >= 4 is 51.4 Å². The Hall–Kier alpha value is -2.43. The molecule has 0 spiro atoms. The van der Waals surface area contributed by atoms with E-state index in [1.54, 1.807) is 38.4 Å². The fourth-order valence-corrected chi connectivity index (χ4v) is 17.2. The van der Waals surface area contributed by atoms with Crippen molar-refractivity contribution in [3.05, 3.63) is 47.6 Å². The van der Waals surface area contributed by atoms with Crippen molar-refractivity contribution in [1.82, 2.24) is 4.90 Å². The highest BCUT2D eigenvalue weighted by atomic mass is 32.2. The molecule has 16 atom stereocenters. The van der Waals surface area contributed by atoms with Crippen molar-refractivity contribution in [2.24, 2.45) is 57.2 Å². The second kappa shape index (κ2) is 16.1. The van der Waals surface area contributed by atoms with E-state index in [1.165, 1.54) is 4.90 Å². The van der Waals surface area contributed by atoms with Crippen LogP contribution in [0.2, 0.25) is 0 Å². The Kier molecular flexibility index (Phi) is 12.5. The van der Waals surface area contributed by atoms with Crippen molar-refractivity contribution in [3.63, 3.8) is 0 Å². The van der Waals surface area contributed by atoms with E-state index in [0.29, 0.717) is 31.0 Å². The smallest absolute Gasteiger partial charge is 0.288 e. The van der Waals surface area contributed by atoms with Crippen LogP contribution in [0.15, 0.2) is 47.6 Å². The van der Waals surface area contributed by atoms with Gasteiger partial charge in [-0.1, -0.05) is 65.8 Å². The number of amides is 1. The molecule has 8 aliphatic carbocycles. The number of thiol groups is 1. The van der Waals surface area contributed by atoms with Crippen LogP contribution in [0, 0.1) is 57.2 Å². The molecule has 6 saturated carbocycles. The van der Waals surface area contributed by atoms with Gasteiger partial charge in [-0.15, -0.1) is 12.6 Å². The summed E-state index contributed by atoms with van der Waals surface area (Å²) in [5.41, 5.74) is -2.16. The van der Waals surface area contributed by atoms with Crippen molar-refractivity contribution in [2.45, 2.75) is 169 Å². The van der Waals surface area contributed by atoms with Crippen LogP contribution in [-0.2, 0) is 38.1 Å². The lowest BCUT2D eigenvalue weighted by molar-refractivity contribution is -0.221. The third-order valence-corrected chi connectivity index (χ3v) is 19.5. The van der Waals surface area contributed by atoms with Crippen LogP contribution in [0.1, 0.15) is 122 Å². The topological polar surface area (TPSA) is 166 Å². The second-order valence-electron chi connectivity index (χ2n) is 22.4. The maximum atomic E-state index is 13.9. The van der Waals surface area contributed by atoms with Gasteiger partial charge in [0.05, 0.1) is 24.4 Å². The first kappa shape index (κ1) is 50.4. The zero-order valence-electron chi connectivity index (χ0n) is 38.3. The molecule has 10 aliphatic rings. The largest absolute Gasteiger partial charge is 0.393 e. The molecule has 0 radical (unpaired) electrons. The maximum absolute atomic E-state index is 13.9. The van der Waals surface area contributed by atoms with E-state index in [0.717, 1.165) is 43.3 Å². The molecule has 65 heavy (non-hydrogen) atoms. The Morgan fingerprint density at radius 3 is 1.51 bits per heavy atom. The molecule has 2 heterocycles. The van der Waals surface area contributed by atoms with Gasteiger partial charge in [-0.25, -0.2) is 0 Å². The zero-order valence-corrected chi connectivity index (χ0v) is 40.0. The number of rotatable bonds is 2. The summed E-state index contributed by atoms with van der Waals surface area (Å²) < 4.78 is 25.4. The van der Waals surface area contributed by atoms with E-state index >= 15 is 0 Å². The van der Waals surface area contributed by atoms with Crippen molar-refractivity contribution < 1.29 is 53.1 Å². The van der Waals surface area contributed by atoms with Crippen LogP contribution in [-0.4, -0.2) is 103 Å². The Labute approximate surface area is 395 Å². The lowest BCUT2D eigenvalue weighted by Gasteiger charge is -2.59. The lowest BCUT2D eigenvalue weighted by atomic mass is 9.46. The number of hydrogen-bond donors (Lipinski definition) is 3. The minimum Gasteiger partial charge on any atom is -0.393 e. The number of aliphatic hydroxyl groups is 2. The van der Waals surface area contributed by atoms with Gasteiger partial charge in [0.25, 0.3) is 5.24 Å². The fourth-order valence-electron chi connectivity index (χ4n) is 15.8. The van der Waals surface area contributed by atoms with Crippen molar-refractivity contribution in [3.8, 4) is 0 Å². The van der Waals surface area contributed by atoms with Crippen LogP contribution in [0.25, 0.3) is 0 Å². The highest BCUT2D eigenvalue weighted by Crippen LogP contribution is 2.72. The predicted octanol–water partition coefficient (Wildman–Crippen LogP) is 8.20. The van der Waals surface area contributed by atoms with Gasteiger partial charge < -0.3 is 34.1 Å². The highest BCUT2D eigenvalue weighted by Gasteiger charge is 2.78. The molecule has 0 unspecified atom stereocenters. The fraction of sp³-hybridized carbons (Fsp3) is 0.745. The third kappa shape index (κ3) is 6.93. The number of aliphatic hydroxyl groups excluding tert-OH is 2. The van der Waals surface area contributed by atoms with E-state index in [9.17, 15) is 34.2 Å². The van der Waals surface area contributed by atoms with Gasteiger partial charge in [0, 0.05) is 59.4 Å². The minimum atomic E-state index is -1.31. The standard InChI is InChI=1S/C26H35NO6S.C23H30O5S.2CH4/c1-23(2)32-19-12-17-16-8-7-14-11-15(28)9-10-24(14,3)20(16)18(29)13-25(17,4)26(19,33-23)21(30)34-22(31)27(5)6;1-20(2)27-17-10-15-14-6-5-12-9-13(24)7-8-21(12,3)18(14)16(25)11-22(15,4)23(17,28-20)19(26)29;;/h9-11,16-20,29H,7-8,12-13H2,1-6H3;7-9,14-18,25H,5-6,10-11H2,1-4H3,(H,26,29);2*1H4/t16-,17-,18-,19+,20+,24-,25-,26-;14-,15-,16-,17+,18+,21-,22-,23-;;/m00../s1. The van der Waals surface area contributed by atoms with Crippen molar-refractivity contribution in [1.29, 1.82) is 0 Å². The van der Waals surface area contributed by atoms with Crippen LogP contribution >= 0.6 is 24.4 Å². The molecule has 14 heteroatoms. The molecule has 2 saturated heterocycles. The van der Waals surface area contributed by atoms with Crippen LogP contribution in [0.5, 0.6) is 0 Å². The Morgan fingerprint density at radius 1 is 0.692 bits per heavy atom. The first-order valence-electron chi connectivity index (χ1n) is 22.9. The minimum absolute atomic E-state index is 0. The van der Waals surface area contributed by atoms with E-state index in [4.69, 9.17) is 18.9 Å². The van der Waals surface area contributed by atoms with E-state index < -0.39 is 51.9 Å². The number of ether oxygens (including phenoxy) is 4. The molecule has 10 rings (SSSR count). The zero-order chi connectivity index (χ0) is 45.8. The summed E-state index contributed by atoms with van der Waals surface area (Å²) in [6.45, 7) is 15.7. The molecule has 8 fully saturated rings. The monoisotopic (exact) mass is 939 g/mol. The molecule has 2 N–H and O–H groups in total. The molecular formula is C51H73NO11S2. The molecule has 0 aromatic heterocycles. The summed E-state index contributed by atoms with van der Waals surface area (Å²) >= 11 is 4.95. The number of hydrogen-bond acceptors (Lipinski definition) is 12. The van der Waals surface area contributed by atoms with E-state index in [1.807, 2.05) is 46.8 Å². The summed E-state index contributed by atoms with van der Waals surface area (Å²) in [6.07, 6.45) is 14.2. The van der Waals surface area contributed by atoms with Gasteiger partial charge in [-0.3, -0.25) is 24.0 Å². The number of carbonyl (C=O) groups excluding carboxylic acids is 5. The normalized spacial score (nSPS) is 47.5. The maximum Gasteiger partial charge on any atom is 0.288 e. The summed E-state index contributed by atoms with van der Waals surface area (Å²) in [5, 5.41) is 22.2. The molecule has 0 aromatic carbocycles. The number of allylic oxidation sites excluding steroid dienone is 8. The average Bonchev–Trinajstić information content (AvgIpc) is 3.79. The second-order valence-corrected chi connectivity index (χ2v) is 23.8. The van der Waals surface area contributed by atoms with Crippen molar-refractivity contribution in [2.75, 3.05) is 14.1 Å². The Bertz CT molecular complexity index is 2180. The summed E-state index contributed by atoms with van der Waals surface area (Å²) in [5.74, 6) is -1.14. The third-order valence-electron chi connectivity index (χ3n) is 18.1. The summed E-state index contributed by atoms with van der Waals surface area (Å²) in [6, 6.07) is 0. The average molecular weight is 940 g/mol. The van der Waals surface area contributed by atoms with E-state index in [2.05, 4.69) is 33.4 Å². The van der Waals surface area contributed by atoms with Crippen LogP contribution < -0.4 is 0 Å². The number of fused-ring (bicyclic) bond motifs is 14. The number of carbonyl (C=O) groups is 5. The molecule has 0 aromatic rings.